The zero-order valence-corrected chi connectivity index (χ0v) is 47.7. The first-order valence-electron chi connectivity index (χ1n) is 29.6. The van der Waals surface area contributed by atoms with E-state index in [0.29, 0.717) is 19.3 Å². The van der Waals surface area contributed by atoms with Crippen molar-refractivity contribution >= 4 is 17.9 Å². The van der Waals surface area contributed by atoms with Gasteiger partial charge in [0.1, 0.15) is 13.2 Å². The fourth-order valence-electron chi connectivity index (χ4n) is 7.31. The number of ether oxygens (including phenoxy) is 3. The number of hydrogen-bond donors (Lipinski definition) is 0. The molecule has 0 aliphatic carbocycles. The van der Waals surface area contributed by atoms with Crippen molar-refractivity contribution in [3.05, 3.63) is 170 Å². The van der Waals surface area contributed by atoms with Crippen molar-refractivity contribution in [2.24, 2.45) is 0 Å². The molecule has 0 bridgehead atoms. The van der Waals surface area contributed by atoms with Crippen LogP contribution in [-0.2, 0) is 28.6 Å². The molecule has 0 spiro atoms. The van der Waals surface area contributed by atoms with Crippen molar-refractivity contribution in [3.63, 3.8) is 0 Å². The summed E-state index contributed by atoms with van der Waals surface area (Å²) >= 11 is 0. The Morgan fingerprint density at radius 3 is 0.867 bits per heavy atom. The van der Waals surface area contributed by atoms with Gasteiger partial charge in [-0.1, -0.05) is 229 Å². The van der Waals surface area contributed by atoms with Gasteiger partial charge in [-0.2, -0.15) is 0 Å². The summed E-state index contributed by atoms with van der Waals surface area (Å²) in [5.74, 6) is -1.04. The summed E-state index contributed by atoms with van der Waals surface area (Å²) in [5, 5.41) is 0. The van der Waals surface area contributed by atoms with Crippen molar-refractivity contribution < 1.29 is 28.6 Å². The van der Waals surface area contributed by atoms with Crippen molar-refractivity contribution in [3.8, 4) is 0 Å². The van der Waals surface area contributed by atoms with Crippen LogP contribution in [-0.4, -0.2) is 37.2 Å². The lowest BCUT2D eigenvalue weighted by Gasteiger charge is -2.18. The SMILES string of the molecule is CC/C=C\C/C=C\C/C=C\C/C=C\C/C=C\C/C=C\C/C=C\CCCCCC(=O)OCC(COC(=O)CCCCCCC/C=C\C/C=C\CCCCC)OC(=O)CCC/C=C\C/C=C\C/C=C\C/C=C\C/C=C\CC. The number of allylic oxidation sites excluding steroid dienone is 28. The number of rotatable bonds is 51. The van der Waals surface area contributed by atoms with E-state index in [1.165, 1.54) is 25.7 Å². The van der Waals surface area contributed by atoms with Crippen LogP contribution < -0.4 is 0 Å². The van der Waals surface area contributed by atoms with Gasteiger partial charge in [-0.05, 0) is 148 Å². The van der Waals surface area contributed by atoms with E-state index in [1.54, 1.807) is 0 Å². The Kier molecular flexibility index (Phi) is 57.0. The van der Waals surface area contributed by atoms with Crippen LogP contribution in [0.25, 0.3) is 0 Å². The Labute approximate surface area is 460 Å². The van der Waals surface area contributed by atoms with E-state index in [9.17, 15) is 14.4 Å². The number of unbranched alkanes of at least 4 members (excludes halogenated alkanes) is 12. The van der Waals surface area contributed by atoms with E-state index in [0.717, 1.165) is 154 Å². The molecular weight excluding hydrogens is 925 g/mol. The van der Waals surface area contributed by atoms with E-state index in [-0.39, 0.29) is 37.5 Å². The second-order valence-corrected chi connectivity index (χ2v) is 18.8. The highest BCUT2D eigenvalue weighted by atomic mass is 16.6. The molecule has 1 unspecified atom stereocenters. The van der Waals surface area contributed by atoms with Gasteiger partial charge in [0.05, 0.1) is 0 Å². The largest absolute Gasteiger partial charge is 0.462 e. The Hall–Kier alpha value is -5.23. The van der Waals surface area contributed by atoms with E-state index in [2.05, 4.69) is 191 Å². The smallest absolute Gasteiger partial charge is 0.306 e. The molecule has 0 N–H and O–H groups in total. The minimum atomic E-state index is -0.838. The number of carbonyl (C=O) groups excluding carboxylic acids is 3. The molecule has 0 aromatic carbocycles. The molecule has 1 atom stereocenters. The molecule has 0 saturated heterocycles. The monoisotopic (exact) mass is 1030 g/mol. The zero-order valence-electron chi connectivity index (χ0n) is 47.7. The average Bonchev–Trinajstić information content (AvgIpc) is 3.41. The third-order valence-electron chi connectivity index (χ3n) is 11.7. The highest BCUT2D eigenvalue weighted by Crippen LogP contribution is 2.12. The second-order valence-electron chi connectivity index (χ2n) is 18.8. The van der Waals surface area contributed by atoms with Gasteiger partial charge >= 0.3 is 17.9 Å². The van der Waals surface area contributed by atoms with E-state index >= 15 is 0 Å². The molecule has 0 aliphatic rings. The fourth-order valence-corrected chi connectivity index (χ4v) is 7.31. The van der Waals surface area contributed by atoms with Gasteiger partial charge in [-0.15, -0.1) is 0 Å². The van der Waals surface area contributed by atoms with Crippen LogP contribution in [0, 0.1) is 0 Å². The molecule has 75 heavy (non-hydrogen) atoms. The van der Waals surface area contributed by atoms with Crippen molar-refractivity contribution in [2.45, 2.75) is 232 Å². The third kappa shape index (κ3) is 59.5. The average molecular weight is 1030 g/mol. The highest BCUT2D eigenvalue weighted by molar-refractivity contribution is 5.71. The Balaban J connectivity index is 4.56. The lowest BCUT2D eigenvalue weighted by molar-refractivity contribution is -0.167. The van der Waals surface area contributed by atoms with Crippen LogP contribution in [0.15, 0.2) is 170 Å². The molecule has 0 aromatic rings. The first-order chi connectivity index (χ1) is 37.0. The van der Waals surface area contributed by atoms with Gasteiger partial charge in [-0.25, -0.2) is 0 Å². The minimum absolute atomic E-state index is 0.127. The number of hydrogen-bond acceptors (Lipinski definition) is 6. The van der Waals surface area contributed by atoms with Gasteiger partial charge in [0.15, 0.2) is 6.10 Å². The topological polar surface area (TPSA) is 78.9 Å². The maximum absolute atomic E-state index is 12.8. The predicted octanol–water partition coefficient (Wildman–Crippen LogP) is 20.3. The first-order valence-corrected chi connectivity index (χ1v) is 29.6. The van der Waals surface area contributed by atoms with Crippen LogP contribution in [0.1, 0.15) is 226 Å². The quantitative estimate of drug-likeness (QED) is 0.0261. The summed E-state index contributed by atoms with van der Waals surface area (Å²) in [6.45, 7) is 6.28. The van der Waals surface area contributed by atoms with Crippen LogP contribution >= 0.6 is 0 Å². The molecule has 6 nitrogen and oxygen atoms in total. The molecule has 0 heterocycles. The molecular formula is C69H106O6. The maximum Gasteiger partial charge on any atom is 0.306 e. The van der Waals surface area contributed by atoms with E-state index in [4.69, 9.17) is 14.2 Å². The molecule has 0 aromatic heterocycles. The maximum atomic E-state index is 12.8. The molecule has 0 rings (SSSR count). The highest BCUT2D eigenvalue weighted by Gasteiger charge is 2.19. The first kappa shape index (κ1) is 69.8. The molecule has 0 amide bonds. The van der Waals surface area contributed by atoms with Gasteiger partial charge in [0.25, 0.3) is 0 Å². The van der Waals surface area contributed by atoms with Gasteiger partial charge in [-0.3, -0.25) is 14.4 Å². The minimum Gasteiger partial charge on any atom is -0.462 e. The van der Waals surface area contributed by atoms with Crippen LogP contribution in [0.2, 0.25) is 0 Å². The number of esters is 3. The molecule has 418 valence electrons. The summed E-state index contributed by atoms with van der Waals surface area (Å²) in [6, 6.07) is 0. The lowest BCUT2D eigenvalue weighted by Crippen LogP contribution is -2.30. The van der Waals surface area contributed by atoms with Crippen molar-refractivity contribution in [1.29, 1.82) is 0 Å². The standard InChI is InChI=1S/C69H106O6/c1-4-7-10-13-16-19-22-25-28-30-31-32-33-34-35-36-37-39-41-44-47-50-53-56-59-62-68(71)74-65-66(64-73-67(70)61-58-55-52-49-46-43-40-27-24-21-18-15-12-9-6-3)75-69(72)63-60-57-54-51-48-45-42-38-29-26-23-20-17-14-11-8-5-2/h7-8,10-11,16-21,25-29,31-32,34-35,37,39-40,42,44-45,47,51,54,66H,4-6,9,12-15,22-24,30,33,36,38,41,43,46,48-50,52-53,55-65H2,1-3H3/b10-7-,11-8-,19-16-,20-17-,21-18-,28-25-,29-26-,32-31-,35-34-,39-37-,40-27-,45-42-,47-44-,54-51-. The predicted molar refractivity (Wildman–Crippen MR) is 325 cm³/mol. The number of carbonyl (C=O) groups is 3. The molecule has 0 radical (unpaired) electrons. The van der Waals surface area contributed by atoms with Gasteiger partial charge < -0.3 is 14.2 Å². The fraction of sp³-hybridized carbons (Fsp3) is 0.551. The summed E-state index contributed by atoms with van der Waals surface area (Å²) in [6.07, 6.45) is 90.6. The zero-order chi connectivity index (χ0) is 54.3. The summed E-state index contributed by atoms with van der Waals surface area (Å²) in [7, 11) is 0. The molecule has 0 aliphatic heterocycles. The Bertz CT molecular complexity index is 1750. The summed E-state index contributed by atoms with van der Waals surface area (Å²) in [4.78, 5) is 38.2. The Morgan fingerprint density at radius 1 is 0.280 bits per heavy atom. The lowest BCUT2D eigenvalue weighted by atomic mass is 10.1. The van der Waals surface area contributed by atoms with Crippen molar-refractivity contribution in [2.75, 3.05) is 13.2 Å². The van der Waals surface area contributed by atoms with Gasteiger partial charge in [0, 0.05) is 19.3 Å². The Morgan fingerprint density at radius 2 is 0.533 bits per heavy atom. The van der Waals surface area contributed by atoms with Crippen LogP contribution in [0.5, 0.6) is 0 Å². The van der Waals surface area contributed by atoms with Crippen LogP contribution in [0.4, 0.5) is 0 Å². The van der Waals surface area contributed by atoms with Gasteiger partial charge in [0.2, 0.25) is 0 Å². The second kappa shape index (κ2) is 61.3. The third-order valence-corrected chi connectivity index (χ3v) is 11.7. The normalized spacial score (nSPS) is 13.4. The van der Waals surface area contributed by atoms with E-state index in [1.807, 2.05) is 0 Å². The molecule has 6 heteroatoms. The van der Waals surface area contributed by atoms with Crippen molar-refractivity contribution in [1.82, 2.24) is 0 Å². The van der Waals surface area contributed by atoms with Crippen LogP contribution in [0.3, 0.4) is 0 Å². The van der Waals surface area contributed by atoms with E-state index < -0.39 is 6.10 Å². The summed E-state index contributed by atoms with van der Waals surface area (Å²) in [5.41, 5.74) is 0. The molecule has 0 saturated carbocycles. The summed E-state index contributed by atoms with van der Waals surface area (Å²) < 4.78 is 16.8. The molecule has 0 fully saturated rings.